The minimum Gasteiger partial charge on any atom is -0.480 e. The highest BCUT2D eigenvalue weighted by Gasteiger charge is 2.32. The van der Waals surface area contributed by atoms with E-state index in [0.717, 1.165) is 5.56 Å². The van der Waals surface area contributed by atoms with Crippen molar-refractivity contribution in [2.45, 2.75) is 64.7 Å². The SMILES string of the molecule is CCC(C)C(NC(=O)C(N)C(C)C)C(=O)NC(Cc1ccccc1)C(=O)NC(CO)C(=O)O. The van der Waals surface area contributed by atoms with E-state index in [1.807, 2.05) is 6.92 Å². The van der Waals surface area contributed by atoms with Crippen LogP contribution in [0.25, 0.3) is 0 Å². The van der Waals surface area contributed by atoms with Crippen LogP contribution in [0.2, 0.25) is 0 Å². The van der Waals surface area contributed by atoms with Gasteiger partial charge >= 0.3 is 5.97 Å². The van der Waals surface area contributed by atoms with Gasteiger partial charge in [0.15, 0.2) is 0 Å². The number of aliphatic hydroxyl groups is 1. The van der Waals surface area contributed by atoms with Gasteiger partial charge < -0.3 is 31.9 Å². The van der Waals surface area contributed by atoms with E-state index in [1.54, 1.807) is 51.1 Å². The second-order valence-electron chi connectivity index (χ2n) is 8.47. The molecule has 10 nitrogen and oxygen atoms in total. The molecule has 10 heteroatoms. The largest absolute Gasteiger partial charge is 0.480 e. The summed E-state index contributed by atoms with van der Waals surface area (Å²) >= 11 is 0. The van der Waals surface area contributed by atoms with Gasteiger partial charge in [-0.2, -0.15) is 0 Å². The molecule has 5 unspecified atom stereocenters. The van der Waals surface area contributed by atoms with Gasteiger partial charge in [0.25, 0.3) is 0 Å². The summed E-state index contributed by atoms with van der Waals surface area (Å²) in [4.78, 5) is 49.7. The number of hydrogen-bond acceptors (Lipinski definition) is 6. The Kier molecular flexibility index (Phi) is 11.5. The smallest absolute Gasteiger partial charge is 0.328 e. The third-order valence-electron chi connectivity index (χ3n) is 5.53. The third kappa shape index (κ3) is 8.82. The van der Waals surface area contributed by atoms with E-state index in [1.165, 1.54) is 0 Å². The Bertz CT molecular complexity index is 801. The van der Waals surface area contributed by atoms with Gasteiger partial charge in [0.2, 0.25) is 17.7 Å². The molecule has 0 saturated heterocycles. The van der Waals surface area contributed by atoms with E-state index in [9.17, 15) is 24.3 Å². The molecule has 0 aliphatic carbocycles. The Labute approximate surface area is 194 Å². The maximum absolute atomic E-state index is 13.2. The quantitative estimate of drug-likeness (QED) is 0.234. The lowest BCUT2D eigenvalue weighted by Gasteiger charge is -2.28. The zero-order valence-electron chi connectivity index (χ0n) is 19.6. The first-order valence-corrected chi connectivity index (χ1v) is 11.1. The molecule has 7 N–H and O–H groups in total. The monoisotopic (exact) mass is 464 g/mol. The van der Waals surface area contributed by atoms with Gasteiger partial charge in [-0.25, -0.2) is 4.79 Å². The number of carboxylic acids is 1. The highest BCUT2D eigenvalue weighted by atomic mass is 16.4. The van der Waals surface area contributed by atoms with E-state index in [-0.39, 0.29) is 18.3 Å². The van der Waals surface area contributed by atoms with Crippen LogP contribution in [-0.2, 0) is 25.6 Å². The van der Waals surface area contributed by atoms with E-state index in [0.29, 0.717) is 6.42 Å². The van der Waals surface area contributed by atoms with Crippen LogP contribution in [-0.4, -0.2) is 64.7 Å². The minimum atomic E-state index is -1.51. The molecular weight excluding hydrogens is 428 g/mol. The second-order valence-corrected chi connectivity index (χ2v) is 8.47. The van der Waals surface area contributed by atoms with E-state index in [4.69, 9.17) is 10.8 Å². The maximum Gasteiger partial charge on any atom is 0.328 e. The number of hydrogen-bond donors (Lipinski definition) is 6. The number of aliphatic hydroxyl groups excluding tert-OH is 1. The standard InChI is InChI=1S/C23H36N4O6/c1-5-14(4)19(27-21(30)18(24)13(2)3)22(31)25-16(11-15-9-7-6-8-10-15)20(29)26-17(12-28)23(32)33/h6-10,13-14,16-19,28H,5,11-12,24H2,1-4H3,(H,25,31)(H,26,29)(H,27,30)(H,32,33). The fraction of sp³-hybridized carbons (Fsp3) is 0.565. The molecule has 1 rings (SSSR count). The summed E-state index contributed by atoms with van der Waals surface area (Å²) < 4.78 is 0. The van der Waals surface area contributed by atoms with Crippen LogP contribution in [0.4, 0.5) is 0 Å². The lowest BCUT2D eigenvalue weighted by molar-refractivity contribution is -0.143. The molecule has 33 heavy (non-hydrogen) atoms. The Hall–Kier alpha value is -2.98. The van der Waals surface area contributed by atoms with Crippen molar-refractivity contribution in [3.05, 3.63) is 35.9 Å². The van der Waals surface area contributed by atoms with Gasteiger partial charge in [0.05, 0.1) is 12.6 Å². The van der Waals surface area contributed by atoms with Gasteiger partial charge in [-0.05, 0) is 17.4 Å². The van der Waals surface area contributed by atoms with Crippen molar-refractivity contribution in [3.63, 3.8) is 0 Å². The van der Waals surface area contributed by atoms with Crippen LogP contribution in [0.1, 0.15) is 39.7 Å². The number of carbonyl (C=O) groups excluding carboxylic acids is 3. The predicted octanol–water partition coefficient (Wildman–Crippen LogP) is -0.210. The first kappa shape index (κ1) is 28.1. The third-order valence-corrected chi connectivity index (χ3v) is 5.53. The van der Waals surface area contributed by atoms with Crippen LogP contribution in [0.5, 0.6) is 0 Å². The van der Waals surface area contributed by atoms with Crippen molar-refractivity contribution in [1.82, 2.24) is 16.0 Å². The van der Waals surface area contributed by atoms with Crippen molar-refractivity contribution in [2.24, 2.45) is 17.6 Å². The molecular formula is C23H36N4O6. The molecule has 1 aromatic rings. The summed E-state index contributed by atoms with van der Waals surface area (Å²) in [6.07, 6.45) is 0.666. The molecule has 0 radical (unpaired) electrons. The lowest BCUT2D eigenvalue weighted by Crippen LogP contribution is -2.59. The average Bonchev–Trinajstić information content (AvgIpc) is 2.79. The molecule has 0 aliphatic rings. The van der Waals surface area contributed by atoms with Crippen LogP contribution >= 0.6 is 0 Å². The van der Waals surface area contributed by atoms with E-state index in [2.05, 4.69) is 16.0 Å². The van der Waals surface area contributed by atoms with E-state index < -0.39 is 54.5 Å². The number of carbonyl (C=O) groups is 4. The molecule has 0 saturated carbocycles. The molecule has 5 atom stereocenters. The van der Waals surface area contributed by atoms with Crippen molar-refractivity contribution in [2.75, 3.05) is 6.61 Å². The number of nitrogens with one attached hydrogen (secondary N) is 3. The second kappa shape index (κ2) is 13.5. The maximum atomic E-state index is 13.2. The Morgan fingerprint density at radius 3 is 1.97 bits per heavy atom. The van der Waals surface area contributed by atoms with Crippen molar-refractivity contribution in [1.29, 1.82) is 0 Å². The molecule has 1 aromatic carbocycles. The van der Waals surface area contributed by atoms with Crippen molar-refractivity contribution in [3.8, 4) is 0 Å². The number of nitrogens with two attached hydrogens (primary N) is 1. The van der Waals surface area contributed by atoms with Gasteiger partial charge in [-0.1, -0.05) is 64.4 Å². The minimum absolute atomic E-state index is 0.0862. The summed E-state index contributed by atoms with van der Waals surface area (Å²) in [5, 5.41) is 26.0. The summed E-state index contributed by atoms with van der Waals surface area (Å²) in [5.74, 6) is -3.60. The average molecular weight is 465 g/mol. The van der Waals surface area contributed by atoms with Gasteiger partial charge in [0.1, 0.15) is 18.1 Å². The summed E-state index contributed by atoms with van der Waals surface area (Å²) in [6, 6.07) is 4.50. The summed E-state index contributed by atoms with van der Waals surface area (Å²) in [5.41, 5.74) is 6.65. The highest BCUT2D eigenvalue weighted by Crippen LogP contribution is 2.11. The van der Waals surface area contributed by atoms with Gasteiger partial charge in [0, 0.05) is 6.42 Å². The van der Waals surface area contributed by atoms with Crippen LogP contribution in [0.15, 0.2) is 30.3 Å². The fourth-order valence-corrected chi connectivity index (χ4v) is 3.03. The van der Waals surface area contributed by atoms with Gasteiger partial charge in [-0.3, -0.25) is 14.4 Å². The molecule has 184 valence electrons. The number of amides is 3. The Morgan fingerprint density at radius 1 is 0.909 bits per heavy atom. The zero-order chi connectivity index (χ0) is 25.1. The van der Waals surface area contributed by atoms with Crippen molar-refractivity contribution >= 4 is 23.7 Å². The van der Waals surface area contributed by atoms with Crippen LogP contribution in [0, 0.1) is 11.8 Å². The molecule has 0 heterocycles. The number of carboxylic acid groups (broad SMARTS) is 1. The molecule has 0 aromatic heterocycles. The molecule has 0 aliphatic heterocycles. The van der Waals surface area contributed by atoms with Crippen LogP contribution < -0.4 is 21.7 Å². The topological polar surface area (TPSA) is 171 Å². The van der Waals surface area contributed by atoms with Gasteiger partial charge in [-0.15, -0.1) is 0 Å². The van der Waals surface area contributed by atoms with E-state index >= 15 is 0 Å². The normalized spacial score (nSPS) is 15.6. The number of rotatable bonds is 13. The predicted molar refractivity (Wildman–Crippen MR) is 123 cm³/mol. The van der Waals surface area contributed by atoms with Crippen molar-refractivity contribution < 1.29 is 29.4 Å². The number of aliphatic carboxylic acids is 1. The molecule has 0 bridgehead atoms. The molecule has 0 fully saturated rings. The first-order chi connectivity index (χ1) is 15.5. The Balaban J connectivity index is 3.11. The summed E-state index contributed by atoms with van der Waals surface area (Å²) in [6.45, 7) is 6.45. The molecule has 3 amide bonds. The lowest BCUT2D eigenvalue weighted by atomic mass is 9.96. The zero-order valence-corrected chi connectivity index (χ0v) is 19.6. The molecule has 0 spiro atoms. The number of benzene rings is 1. The van der Waals surface area contributed by atoms with Crippen LogP contribution in [0.3, 0.4) is 0 Å². The first-order valence-electron chi connectivity index (χ1n) is 11.1. The Morgan fingerprint density at radius 2 is 1.48 bits per heavy atom. The summed E-state index contributed by atoms with van der Waals surface area (Å²) in [7, 11) is 0. The fourth-order valence-electron chi connectivity index (χ4n) is 3.03. The highest BCUT2D eigenvalue weighted by molar-refractivity contribution is 5.94.